The van der Waals surface area contributed by atoms with E-state index in [2.05, 4.69) is 10.2 Å². The summed E-state index contributed by atoms with van der Waals surface area (Å²) in [6.07, 6.45) is 0. The van der Waals surface area contributed by atoms with Crippen LogP contribution < -0.4 is 5.32 Å². The van der Waals surface area contributed by atoms with E-state index in [0.717, 1.165) is 37.1 Å². The van der Waals surface area contributed by atoms with Crippen molar-refractivity contribution >= 4 is 11.3 Å². The zero-order valence-corrected chi connectivity index (χ0v) is 11.8. The molecule has 2 nitrogen and oxygen atoms in total. The fraction of sp³-hybridized carbons (Fsp3) is 0.333. The first-order valence-electron chi connectivity index (χ1n) is 6.69. The summed E-state index contributed by atoms with van der Waals surface area (Å²) >= 11 is 1.61. The number of hydrogen-bond acceptors (Lipinski definition) is 3. The molecule has 0 aliphatic carbocycles. The molecule has 1 atom stereocenters. The van der Waals surface area contributed by atoms with Gasteiger partial charge in [-0.2, -0.15) is 0 Å². The van der Waals surface area contributed by atoms with Crippen molar-refractivity contribution in [2.75, 3.05) is 26.2 Å². The average molecular weight is 294 g/mol. The first-order valence-corrected chi connectivity index (χ1v) is 7.57. The van der Waals surface area contributed by atoms with Gasteiger partial charge in [0.15, 0.2) is 0 Å². The van der Waals surface area contributed by atoms with Gasteiger partial charge in [-0.15, -0.1) is 11.3 Å². The van der Waals surface area contributed by atoms with E-state index >= 15 is 0 Å². The van der Waals surface area contributed by atoms with Crippen LogP contribution in [0, 0.1) is 11.6 Å². The number of rotatable bonds is 3. The maximum atomic E-state index is 14.2. The lowest BCUT2D eigenvalue weighted by atomic mass is 10.0. The van der Waals surface area contributed by atoms with E-state index in [9.17, 15) is 8.78 Å². The van der Waals surface area contributed by atoms with Crippen LogP contribution in [0.4, 0.5) is 8.78 Å². The van der Waals surface area contributed by atoms with Crippen LogP contribution in [-0.4, -0.2) is 31.1 Å². The summed E-state index contributed by atoms with van der Waals surface area (Å²) in [5, 5.41) is 5.29. The molecule has 1 saturated heterocycles. The van der Waals surface area contributed by atoms with E-state index in [-0.39, 0.29) is 6.04 Å². The molecule has 1 fully saturated rings. The van der Waals surface area contributed by atoms with Crippen LogP contribution in [0.2, 0.25) is 0 Å². The minimum Gasteiger partial charge on any atom is -0.314 e. The third-order valence-corrected chi connectivity index (χ3v) is 4.51. The van der Waals surface area contributed by atoms with E-state index in [1.54, 1.807) is 17.4 Å². The predicted molar refractivity (Wildman–Crippen MR) is 77.0 cm³/mol. The normalized spacial score (nSPS) is 18.1. The Hall–Kier alpha value is -1.30. The zero-order valence-electron chi connectivity index (χ0n) is 11.0. The summed E-state index contributed by atoms with van der Waals surface area (Å²) in [5.74, 6) is -1.00. The molecule has 5 heteroatoms. The molecule has 106 valence electrons. The molecular formula is C15H16F2N2S. The van der Waals surface area contributed by atoms with Crippen molar-refractivity contribution in [2.24, 2.45) is 0 Å². The van der Waals surface area contributed by atoms with Gasteiger partial charge < -0.3 is 5.32 Å². The summed E-state index contributed by atoms with van der Waals surface area (Å²) in [7, 11) is 0. The molecule has 0 bridgehead atoms. The van der Waals surface area contributed by atoms with Gasteiger partial charge in [-0.25, -0.2) is 8.78 Å². The van der Waals surface area contributed by atoms with E-state index in [0.29, 0.717) is 5.56 Å². The van der Waals surface area contributed by atoms with Crippen molar-refractivity contribution in [2.45, 2.75) is 6.04 Å². The maximum absolute atomic E-state index is 14.2. The fourth-order valence-corrected chi connectivity index (χ4v) is 3.52. The molecule has 1 aliphatic heterocycles. The Morgan fingerprint density at radius 2 is 1.95 bits per heavy atom. The Kier molecular flexibility index (Phi) is 4.10. The standard InChI is InChI=1S/C15H16F2N2S/c16-11-3-4-12(13(17)10-11)15(14-2-1-9-20-14)19-7-5-18-6-8-19/h1-4,9-10,15,18H,5-8H2/t15-/m1/s1. The third-order valence-electron chi connectivity index (χ3n) is 3.59. The summed E-state index contributed by atoms with van der Waals surface area (Å²) in [5.41, 5.74) is 0.552. The van der Waals surface area contributed by atoms with Gasteiger partial charge in [0.2, 0.25) is 0 Å². The number of hydrogen-bond donors (Lipinski definition) is 1. The molecule has 0 amide bonds. The topological polar surface area (TPSA) is 15.3 Å². The molecule has 2 aromatic rings. The molecule has 20 heavy (non-hydrogen) atoms. The van der Waals surface area contributed by atoms with E-state index in [4.69, 9.17) is 0 Å². The largest absolute Gasteiger partial charge is 0.314 e. The van der Waals surface area contributed by atoms with Crippen molar-refractivity contribution in [3.8, 4) is 0 Å². The Morgan fingerprint density at radius 3 is 2.60 bits per heavy atom. The monoisotopic (exact) mass is 294 g/mol. The Balaban J connectivity index is 2.00. The van der Waals surface area contributed by atoms with Crippen molar-refractivity contribution in [1.29, 1.82) is 0 Å². The molecule has 0 unspecified atom stereocenters. The van der Waals surface area contributed by atoms with Crippen LogP contribution in [0.5, 0.6) is 0 Å². The molecule has 2 heterocycles. The van der Waals surface area contributed by atoms with Crippen molar-refractivity contribution in [1.82, 2.24) is 10.2 Å². The predicted octanol–water partition coefficient (Wildman–Crippen LogP) is 3.02. The van der Waals surface area contributed by atoms with Gasteiger partial charge >= 0.3 is 0 Å². The first kappa shape index (κ1) is 13.7. The molecule has 1 N–H and O–H groups in total. The van der Waals surface area contributed by atoms with Crippen LogP contribution in [0.1, 0.15) is 16.5 Å². The lowest BCUT2D eigenvalue weighted by Gasteiger charge is -2.34. The minimum absolute atomic E-state index is 0.127. The van der Waals surface area contributed by atoms with Gasteiger partial charge in [0, 0.05) is 42.7 Å². The van der Waals surface area contributed by atoms with Crippen LogP contribution >= 0.6 is 11.3 Å². The fourth-order valence-electron chi connectivity index (χ4n) is 2.64. The number of thiophene rings is 1. The highest BCUT2D eigenvalue weighted by Gasteiger charge is 2.27. The number of piperazine rings is 1. The number of benzene rings is 1. The highest BCUT2D eigenvalue weighted by Crippen LogP contribution is 2.33. The second kappa shape index (κ2) is 5.99. The summed E-state index contributed by atoms with van der Waals surface area (Å²) in [6.45, 7) is 3.51. The van der Waals surface area contributed by atoms with Gasteiger partial charge in [-0.3, -0.25) is 4.90 Å². The average Bonchev–Trinajstić information content (AvgIpc) is 2.97. The molecular weight excluding hydrogens is 278 g/mol. The van der Waals surface area contributed by atoms with Crippen LogP contribution in [0.3, 0.4) is 0 Å². The second-order valence-corrected chi connectivity index (χ2v) is 5.85. The number of nitrogens with one attached hydrogen (secondary N) is 1. The molecule has 3 rings (SSSR count). The summed E-state index contributed by atoms with van der Waals surface area (Å²) in [4.78, 5) is 3.34. The lowest BCUT2D eigenvalue weighted by Crippen LogP contribution is -2.45. The van der Waals surface area contributed by atoms with Gasteiger partial charge in [0.1, 0.15) is 11.6 Å². The van der Waals surface area contributed by atoms with Crippen LogP contribution in [0.25, 0.3) is 0 Å². The number of nitrogens with zero attached hydrogens (tertiary/aromatic N) is 1. The quantitative estimate of drug-likeness (QED) is 0.936. The van der Waals surface area contributed by atoms with Gasteiger partial charge in [-0.1, -0.05) is 12.1 Å². The Bertz CT molecular complexity index is 565. The lowest BCUT2D eigenvalue weighted by molar-refractivity contribution is 0.197. The Labute approximate surface area is 121 Å². The first-order chi connectivity index (χ1) is 9.75. The van der Waals surface area contributed by atoms with Crippen molar-refractivity contribution in [3.05, 3.63) is 57.8 Å². The smallest absolute Gasteiger partial charge is 0.131 e. The summed E-state index contributed by atoms with van der Waals surface area (Å²) in [6, 6.07) is 7.73. The molecule has 1 aromatic heterocycles. The van der Waals surface area contributed by atoms with Crippen molar-refractivity contribution < 1.29 is 8.78 Å². The van der Waals surface area contributed by atoms with Crippen LogP contribution in [0.15, 0.2) is 35.7 Å². The molecule has 0 radical (unpaired) electrons. The highest BCUT2D eigenvalue weighted by molar-refractivity contribution is 7.10. The number of halogens is 2. The van der Waals surface area contributed by atoms with Gasteiger partial charge in [0.05, 0.1) is 6.04 Å². The molecule has 1 aliphatic rings. The Morgan fingerprint density at radius 1 is 1.15 bits per heavy atom. The molecule has 1 aromatic carbocycles. The van der Waals surface area contributed by atoms with E-state index in [1.165, 1.54) is 6.07 Å². The minimum atomic E-state index is -0.531. The second-order valence-electron chi connectivity index (χ2n) is 4.87. The van der Waals surface area contributed by atoms with Crippen molar-refractivity contribution in [3.63, 3.8) is 0 Å². The SMILES string of the molecule is Fc1ccc([C@H](c2cccs2)N2CCNCC2)c(F)c1. The van der Waals surface area contributed by atoms with Crippen LogP contribution in [-0.2, 0) is 0 Å². The molecule has 0 saturated carbocycles. The highest BCUT2D eigenvalue weighted by atomic mass is 32.1. The zero-order chi connectivity index (χ0) is 13.9. The van der Waals surface area contributed by atoms with E-state index in [1.807, 2.05) is 17.5 Å². The van der Waals surface area contributed by atoms with E-state index < -0.39 is 11.6 Å². The third kappa shape index (κ3) is 2.75. The maximum Gasteiger partial charge on any atom is 0.131 e. The van der Waals surface area contributed by atoms with Gasteiger partial charge in [-0.05, 0) is 17.5 Å². The summed E-state index contributed by atoms with van der Waals surface area (Å²) < 4.78 is 27.3. The van der Waals surface area contributed by atoms with Gasteiger partial charge in [0.25, 0.3) is 0 Å². The molecule has 0 spiro atoms.